The van der Waals surface area contributed by atoms with Gasteiger partial charge in [0.2, 0.25) is 11.8 Å². The molecular formula is C16H21N3O4S. The second-order valence-electron chi connectivity index (χ2n) is 5.93. The number of nitro groups is 1. The van der Waals surface area contributed by atoms with E-state index in [1.165, 1.54) is 28.8 Å². The summed E-state index contributed by atoms with van der Waals surface area (Å²) in [5, 5.41) is 10.3. The van der Waals surface area contributed by atoms with Crippen molar-refractivity contribution in [3.05, 3.63) is 34.4 Å². The summed E-state index contributed by atoms with van der Waals surface area (Å²) in [7, 11) is 3.39. The standard InChI is InChI=1S/C16H21N3O4S/c1-11(24-13-8-6-12(7-9-13)19(22)23)15(20)18-10-4-5-14(18)16(21)17(2)3/h6-9,11,14H,4-5,10H2,1-3H3. The smallest absolute Gasteiger partial charge is 0.269 e. The van der Waals surface area contributed by atoms with Crippen LogP contribution in [0.25, 0.3) is 0 Å². The molecule has 130 valence electrons. The molecule has 1 aromatic rings. The molecule has 1 fully saturated rings. The molecule has 2 unspecified atom stereocenters. The lowest BCUT2D eigenvalue weighted by atomic mass is 10.2. The van der Waals surface area contributed by atoms with Gasteiger partial charge in [0.15, 0.2) is 0 Å². The molecule has 0 spiro atoms. The zero-order valence-corrected chi connectivity index (χ0v) is 14.8. The predicted octanol–water partition coefficient (Wildman–Crippen LogP) is 2.15. The molecule has 24 heavy (non-hydrogen) atoms. The number of carbonyl (C=O) groups is 2. The topological polar surface area (TPSA) is 83.8 Å². The number of rotatable bonds is 5. The highest BCUT2D eigenvalue weighted by Gasteiger charge is 2.36. The molecule has 1 aliphatic rings. The maximum Gasteiger partial charge on any atom is 0.269 e. The molecule has 7 nitrogen and oxygen atoms in total. The summed E-state index contributed by atoms with van der Waals surface area (Å²) in [6.07, 6.45) is 1.52. The highest BCUT2D eigenvalue weighted by atomic mass is 32.2. The first-order chi connectivity index (χ1) is 11.3. The summed E-state index contributed by atoms with van der Waals surface area (Å²) in [5.41, 5.74) is 0.0227. The summed E-state index contributed by atoms with van der Waals surface area (Å²) in [6.45, 7) is 2.39. The molecule has 0 saturated carbocycles. The number of benzene rings is 1. The third-order valence-corrected chi connectivity index (χ3v) is 5.07. The Hall–Kier alpha value is -2.09. The van der Waals surface area contributed by atoms with E-state index in [-0.39, 0.29) is 28.8 Å². The quantitative estimate of drug-likeness (QED) is 0.461. The number of likely N-dealkylation sites (tertiary alicyclic amines) is 1. The van der Waals surface area contributed by atoms with Crippen molar-refractivity contribution in [1.82, 2.24) is 9.80 Å². The van der Waals surface area contributed by atoms with Crippen LogP contribution in [0.1, 0.15) is 19.8 Å². The Morgan fingerprint density at radius 1 is 1.33 bits per heavy atom. The number of thioether (sulfide) groups is 1. The Bertz CT molecular complexity index is 633. The van der Waals surface area contributed by atoms with Gasteiger partial charge in [-0.25, -0.2) is 0 Å². The lowest BCUT2D eigenvalue weighted by Gasteiger charge is -2.28. The average molecular weight is 351 g/mol. The highest BCUT2D eigenvalue weighted by Crippen LogP contribution is 2.29. The Kier molecular flexibility index (Phi) is 5.82. The molecule has 8 heteroatoms. The van der Waals surface area contributed by atoms with Crippen molar-refractivity contribution < 1.29 is 14.5 Å². The third kappa shape index (κ3) is 4.05. The van der Waals surface area contributed by atoms with E-state index in [0.717, 1.165) is 11.3 Å². The summed E-state index contributed by atoms with van der Waals surface area (Å²) in [6, 6.07) is 5.74. The van der Waals surface area contributed by atoms with Crippen LogP contribution in [-0.4, -0.2) is 58.5 Å². The van der Waals surface area contributed by atoms with Gasteiger partial charge in [-0.1, -0.05) is 0 Å². The summed E-state index contributed by atoms with van der Waals surface area (Å²) in [5.74, 6) is -0.121. The monoisotopic (exact) mass is 351 g/mol. The van der Waals surface area contributed by atoms with Gasteiger partial charge >= 0.3 is 0 Å². The van der Waals surface area contributed by atoms with E-state index in [1.54, 1.807) is 38.1 Å². The maximum absolute atomic E-state index is 12.7. The molecule has 2 amide bonds. The largest absolute Gasteiger partial charge is 0.347 e. The van der Waals surface area contributed by atoms with E-state index in [9.17, 15) is 19.7 Å². The minimum Gasteiger partial charge on any atom is -0.347 e. The number of likely N-dealkylation sites (N-methyl/N-ethyl adjacent to an activating group) is 1. The zero-order chi connectivity index (χ0) is 17.9. The van der Waals surface area contributed by atoms with Crippen LogP contribution in [-0.2, 0) is 9.59 Å². The number of carbonyl (C=O) groups excluding carboxylic acids is 2. The molecule has 0 radical (unpaired) electrons. The molecule has 1 heterocycles. The average Bonchev–Trinajstić information content (AvgIpc) is 3.03. The van der Waals surface area contributed by atoms with Crippen LogP contribution in [0.3, 0.4) is 0 Å². The fraction of sp³-hybridized carbons (Fsp3) is 0.500. The first-order valence-electron chi connectivity index (χ1n) is 7.74. The highest BCUT2D eigenvalue weighted by molar-refractivity contribution is 8.00. The number of hydrogen-bond donors (Lipinski definition) is 0. The second-order valence-corrected chi connectivity index (χ2v) is 7.35. The summed E-state index contributed by atoms with van der Waals surface area (Å²) >= 11 is 1.34. The summed E-state index contributed by atoms with van der Waals surface area (Å²) < 4.78 is 0. The van der Waals surface area contributed by atoms with Gasteiger partial charge in [-0.15, -0.1) is 11.8 Å². The Labute approximate surface area is 145 Å². The number of non-ortho nitro benzene ring substituents is 1. The van der Waals surface area contributed by atoms with Crippen molar-refractivity contribution in [2.24, 2.45) is 0 Å². The lowest BCUT2D eigenvalue weighted by Crippen LogP contribution is -2.47. The van der Waals surface area contributed by atoms with E-state index in [2.05, 4.69) is 0 Å². The van der Waals surface area contributed by atoms with Gasteiger partial charge in [-0.05, 0) is 31.9 Å². The van der Waals surface area contributed by atoms with Gasteiger partial charge in [0.25, 0.3) is 5.69 Å². The van der Waals surface area contributed by atoms with Crippen LogP contribution in [0.4, 0.5) is 5.69 Å². The van der Waals surface area contributed by atoms with Crippen LogP contribution in [0.2, 0.25) is 0 Å². The van der Waals surface area contributed by atoms with Crippen LogP contribution < -0.4 is 0 Å². The van der Waals surface area contributed by atoms with Crippen molar-refractivity contribution in [2.45, 2.75) is 36.0 Å². The number of hydrogen-bond acceptors (Lipinski definition) is 5. The van der Waals surface area contributed by atoms with Gasteiger partial charge < -0.3 is 9.80 Å². The van der Waals surface area contributed by atoms with Crippen molar-refractivity contribution in [2.75, 3.05) is 20.6 Å². The van der Waals surface area contributed by atoms with Crippen LogP contribution in [0.5, 0.6) is 0 Å². The molecular weight excluding hydrogens is 330 g/mol. The first kappa shape index (κ1) is 18.3. The van der Waals surface area contributed by atoms with Gasteiger partial charge in [-0.2, -0.15) is 0 Å². The number of nitrogens with zero attached hydrogens (tertiary/aromatic N) is 3. The molecule has 1 aliphatic heterocycles. The number of amides is 2. The minimum atomic E-state index is -0.454. The van der Waals surface area contributed by atoms with E-state index < -0.39 is 4.92 Å². The molecule has 1 aromatic carbocycles. The first-order valence-corrected chi connectivity index (χ1v) is 8.62. The fourth-order valence-electron chi connectivity index (χ4n) is 2.72. The van der Waals surface area contributed by atoms with Crippen LogP contribution in [0.15, 0.2) is 29.2 Å². The lowest BCUT2D eigenvalue weighted by molar-refractivity contribution is -0.384. The molecule has 0 bridgehead atoms. The van der Waals surface area contributed by atoms with Gasteiger partial charge in [0.05, 0.1) is 10.2 Å². The SMILES string of the molecule is CC(Sc1ccc([N+](=O)[O-])cc1)C(=O)N1CCCC1C(=O)N(C)C. The Morgan fingerprint density at radius 3 is 2.50 bits per heavy atom. The van der Waals surface area contributed by atoms with Gasteiger partial charge in [-0.3, -0.25) is 19.7 Å². The molecule has 2 rings (SSSR count). The van der Waals surface area contributed by atoms with E-state index in [4.69, 9.17) is 0 Å². The fourth-order valence-corrected chi connectivity index (χ4v) is 3.66. The number of nitro benzene ring substituents is 1. The molecule has 0 N–H and O–H groups in total. The van der Waals surface area contributed by atoms with E-state index in [0.29, 0.717) is 13.0 Å². The van der Waals surface area contributed by atoms with E-state index >= 15 is 0 Å². The van der Waals surface area contributed by atoms with Gasteiger partial charge in [0.1, 0.15) is 6.04 Å². The Balaban J connectivity index is 2.03. The summed E-state index contributed by atoms with van der Waals surface area (Å²) in [4.78, 5) is 39.1. The van der Waals surface area contributed by atoms with Crippen LogP contribution >= 0.6 is 11.8 Å². The van der Waals surface area contributed by atoms with Crippen molar-refractivity contribution >= 4 is 29.3 Å². The normalized spacial score (nSPS) is 18.3. The molecule has 1 saturated heterocycles. The molecule has 2 atom stereocenters. The van der Waals surface area contributed by atoms with Crippen LogP contribution in [0, 0.1) is 10.1 Å². The van der Waals surface area contributed by atoms with Crippen molar-refractivity contribution in [3.63, 3.8) is 0 Å². The predicted molar refractivity (Wildman–Crippen MR) is 91.8 cm³/mol. The van der Waals surface area contributed by atoms with Crippen molar-refractivity contribution in [3.8, 4) is 0 Å². The Morgan fingerprint density at radius 2 is 1.96 bits per heavy atom. The molecule has 0 aromatic heterocycles. The van der Waals surface area contributed by atoms with Crippen molar-refractivity contribution in [1.29, 1.82) is 0 Å². The van der Waals surface area contributed by atoms with Gasteiger partial charge in [0, 0.05) is 37.7 Å². The minimum absolute atomic E-state index is 0.0227. The third-order valence-electron chi connectivity index (χ3n) is 3.97. The molecule has 0 aliphatic carbocycles. The zero-order valence-electron chi connectivity index (χ0n) is 14.0. The second kappa shape index (κ2) is 7.65. The van der Waals surface area contributed by atoms with E-state index in [1.807, 2.05) is 0 Å². The maximum atomic E-state index is 12.7.